The lowest BCUT2D eigenvalue weighted by atomic mass is 10.1. The maximum Gasteiger partial charge on any atom is 0.181 e. The van der Waals surface area contributed by atoms with Crippen molar-refractivity contribution >= 4 is 49.2 Å². The summed E-state index contributed by atoms with van der Waals surface area (Å²) in [7, 11) is 0. The van der Waals surface area contributed by atoms with Gasteiger partial charge < -0.3 is 0 Å². The van der Waals surface area contributed by atoms with Crippen molar-refractivity contribution in [1.82, 2.24) is 0 Å². The molecule has 1 atom stereocenters. The number of carbonyl (C=O) groups excluding carboxylic acids is 1. The third-order valence-electron chi connectivity index (χ3n) is 1.56. The third kappa shape index (κ3) is 2.79. The predicted molar refractivity (Wildman–Crippen MR) is 61.5 cm³/mol. The van der Waals surface area contributed by atoms with Crippen LogP contribution in [0.5, 0.6) is 0 Å². The molecule has 1 aromatic rings. The van der Waals surface area contributed by atoms with Crippen molar-refractivity contribution in [1.29, 1.82) is 0 Å². The molecule has 0 saturated carbocycles. The molecule has 0 saturated heterocycles. The summed E-state index contributed by atoms with van der Waals surface area (Å²) < 4.78 is 1.64. The Kier molecular flexibility index (Phi) is 3.95. The van der Waals surface area contributed by atoms with Crippen molar-refractivity contribution in [2.24, 2.45) is 0 Å². The van der Waals surface area contributed by atoms with Crippen LogP contribution in [0.25, 0.3) is 0 Å². The minimum atomic E-state index is -0.495. The van der Waals surface area contributed by atoms with Crippen molar-refractivity contribution in [3.63, 3.8) is 0 Å². The molecule has 0 aliphatic carbocycles. The molecule has 0 fully saturated rings. The van der Waals surface area contributed by atoms with Gasteiger partial charge >= 0.3 is 0 Å². The summed E-state index contributed by atoms with van der Waals surface area (Å²) in [4.78, 5) is 11.5. The van der Waals surface area contributed by atoms with E-state index in [9.17, 15) is 4.79 Å². The van der Waals surface area contributed by atoms with E-state index in [1.54, 1.807) is 13.0 Å². The van der Waals surface area contributed by atoms with E-state index in [-0.39, 0.29) is 5.78 Å². The molecule has 1 aromatic carbocycles. The molecule has 0 radical (unpaired) electrons. The number of hydrogen-bond donors (Lipinski definition) is 0. The van der Waals surface area contributed by atoms with Gasteiger partial charge in [-0.2, -0.15) is 0 Å². The summed E-state index contributed by atoms with van der Waals surface area (Å²) in [5, 5.41) is -0.495. The van der Waals surface area contributed by atoms with Crippen LogP contribution in [0.4, 0.5) is 0 Å². The van der Waals surface area contributed by atoms with E-state index >= 15 is 0 Å². The van der Waals surface area contributed by atoms with Crippen LogP contribution in [0.2, 0.25) is 0 Å². The van der Waals surface area contributed by atoms with Gasteiger partial charge in [0.2, 0.25) is 0 Å². The Labute approximate surface area is 98.7 Å². The zero-order valence-corrected chi connectivity index (χ0v) is 10.8. The first-order valence-corrected chi connectivity index (χ1v) is 5.68. The highest BCUT2D eigenvalue weighted by atomic mass is 79.9. The van der Waals surface area contributed by atoms with E-state index in [2.05, 4.69) is 31.9 Å². The molecule has 0 N–H and O–H groups in total. The minimum absolute atomic E-state index is 0.0742. The molecule has 1 unspecified atom stereocenters. The maximum absolute atomic E-state index is 11.5. The lowest BCUT2D eigenvalue weighted by Gasteiger charge is -2.05. The molecule has 13 heavy (non-hydrogen) atoms. The lowest BCUT2D eigenvalue weighted by molar-refractivity contribution is 0.0991. The van der Waals surface area contributed by atoms with Crippen LogP contribution in [0.15, 0.2) is 27.1 Å². The first-order chi connectivity index (χ1) is 6.02. The highest BCUT2D eigenvalue weighted by Crippen LogP contribution is 2.23. The van der Waals surface area contributed by atoms with E-state index in [0.717, 1.165) is 8.95 Å². The van der Waals surface area contributed by atoms with Crippen molar-refractivity contribution in [3.8, 4) is 0 Å². The second-order valence-electron chi connectivity index (χ2n) is 2.60. The van der Waals surface area contributed by atoms with Gasteiger partial charge in [-0.25, -0.2) is 0 Å². The Hall–Kier alpha value is 0.140. The molecule has 1 rings (SSSR count). The van der Waals surface area contributed by atoms with Crippen LogP contribution in [-0.4, -0.2) is 11.2 Å². The van der Waals surface area contributed by atoms with Crippen molar-refractivity contribution in [2.75, 3.05) is 0 Å². The fourth-order valence-corrected chi connectivity index (χ4v) is 1.82. The monoisotopic (exact) mass is 324 g/mol. The Morgan fingerprint density at radius 3 is 2.62 bits per heavy atom. The smallest absolute Gasteiger partial charge is 0.181 e. The summed E-state index contributed by atoms with van der Waals surface area (Å²) in [5.41, 5.74) is 0.608. The first-order valence-electron chi connectivity index (χ1n) is 3.65. The largest absolute Gasteiger partial charge is 0.292 e. The Morgan fingerprint density at radius 2 is 2.08 bits per heavy atom. The van der Waals surface area contributed by atoms with Crippen LogP contribution < -0.4 is 0 Å². The molecule has 4 heteroatoms. The van der Waals surface area contributed by atoms with Crippen molar-refractivity contribution in [3.05, 3.63) is 32.7 Å². The number of hydrogen-bond acceptors (Lipinski definition) is 1. The summed E-state index contributed by atoms with van der Waals surface area (Å²) in [5.74, 6) is -0.0742. The van der Waals surface area contributed by atoms with Crippen LogP contribution in [0.3, 0.4) is 0 Å². The summed E-state index contributed by atoms with van der Waals surface area (Å²) in [6.07, 6.45) is 0. The topological polar surface area (TPSA) is 17.1 Å². The molecular weight excluding hydrogens is 319 g/mol. The first kappa shape index (κ1) is 11.2. The van der Waals surface area contributed by atoms with Gasteiger partial charge in [0.25, 0.3) is 0 Å². The van der Waals surface area contributed by atoms with Crippen LogP contribution in [-0.2, 0) is 0 Å². The fourth-order valence-electron chi connectivity index (χ4n) is 0.901. The van der Waals surface area contributed by atoms with E-state index in [4.69, 9.17) is 11.6 Å². The standard InChI is InChI=1S/C9H7Br2ClO/c1-5(12)9(13)7-4-6(10)2-3-8(7)11/h2-5H,1H3. The van der Waals surface area contributed by atoms with Crippen molar-refractivity contribution in [2.45, 2.75) is 12.3 Å². The molecule has 0 heterocycles. The lowest BCUT2D eigenvalue weighted by Crippen LogP contribution is -2.11. The summed E-state index contributed by atoms with van der Waals surface area (Å²) in [6, 6.07) is 5.43. The summed E-state index contributed by atoms with van der Waals surface area (Å²) in [6.45, 7) is 1.66. The maximum atomic E-state index is 11.5. The second kappa shape index (κ2) is 4.58. The van der Waals surface area contributed by atoms with Crippen LogP contribution in [0.1, 0.15) is 17.3 Å². The molecule has 0 aliphatic heterocycles. The molecule has 0 aliphatic rings. The average molecular weight is 326 g/mol. The van der Waals surface area contributed by atoms with Gasteiger partial charge in [0.15, 0.2) is 5.78 Å². The van der Waals surface area contributed by atoms with Crippen LogP contribution >= 0.6 is 43.5 Å². The molecule has 0 spiro atoms. The molecule has 70 valence electrons. The number of rotatable bonds is 2. The average Bonchev–Trinajstić information content (AvgIpc) is 2.08. The Bertz CT molecular complexity index is 336. The normalized spacial score (nSPS) is 12.6. The number of Topliss-reactive ketones (excluding diaryl/α,β-unsaturated/α-hetero) is 1. The minimum Gasteiger partial charge on any atom is -0.292 e. The van der Waals surface area contributed by atoms with Gasteiger partial charge in [0.1, 0.15) is 0 Å². The highest BCUT2D eigenvalue weighted by Gasteiger charge is 2.15. The molecule has 0 bridgehead atoms. The van der Waals surface area contributed by atoms with Gasteiger partial charge in [-0.15, -0.1) is 11.6 Å². The van der Waals surface area contributed by atoms with Gasteiger partial charge in [-0.05, 0) is 25.1 Å². The number of carbonyl (C=O) groups is 1. The van der Waals surface area contributed by atoms with E-state index in [1.165, 1.54) is 0 Å². The van der Waals surface area contributed by atoms with E-state index in [0.29, 0.717) is 5.56 Å². The fraction of sp³-hybridized carbons (Fsp3) is 0.222. The molecule has 0 aromatic heterocycles. The molecule has 1 nitrogen and oxygen atoms in total. The Morgan fingerprint density at radius 1 is 1.46 bits per heavy atom. The second-order valence-corrected chi connectivity index (χ2v) is 5.03. The van der Waals surface area contributed by atoms with Crippen molar-refractivity contribution < 1.29 is 4.79 Å². The zero-order chi connectivity index (χ0) is 10.0. The van der Waals surface area contributed by atoms with Gasteiger partial charge in [-0.1, -0.05) is 31.9 Å². The predicted octanol–water partition coefficient (Wildman–Crippen LogP) is 4.02. The SMILES string of the molecule is CC(Cl)C(=O)c1cc(Br)ccc1Br. The molecular formula is C9H7Br2ClO. The highest BCUT2D eigenvalue weighted by molar-refractivity contribution is 9.11. The van der Waals surface area contributed by atoms with E-state index < -0.39 is 5.38 Å². The number of alkyl halides is 1. The van der Waals surface area contributed by atoms with Gasteiger partial charge in [-0.3, -0.25) is 4.79 Å². The van der Waals surface area contributed by atoms with Gasteiger partial charge in [0.05, 0.1) is 5.38 Å². The zero-order valence-electron chi connectivity index (χ0n) is 6.85. The number of halogens is 3. The summed E-state index contributed by atoms with van der Waals surface area (Å²) >= 11 is 12.3. The number of ketones is 1. The Balaban J connectivity index is 3.13. The quantitative estimate of drug-likeness (QED) is 0.592. The van der Waals surface area contributed by atoms with E-state index in [1.807, 2.05) is 12.1 Å². The van der Waals surface area contributed by atoms with Gasteiger partial charge in [0, 0.05) is 14.5 Å². The third-order valence-corrected chi connectivity index (χ3v) is 2.94. The molecule has 0 amide bonds. The van der Waals surface area contributed by atoms with Crippen LogP contribution in [0, 0.1) is 0 Å². The number of benzene rings is 1.